The minimum Gasteiger partial charge on any atom is -0.508 e. The molecule has 1 heterocycles. The number of hydrogen-bond donors (Lipinski definition) is 1. The zero-order chi connectivity index (χ0) is 11.7. The third-order valence-electron chi connectivity index (χ3n) is 2.26. The van der Waals surface area contributed by atoms with E-state index in [1.165, 1.54) is 4.68 Å². The van der Waals surface area contributed by atoms with E-state index in [1.54, 1.807) is 25.2 Å². The van der Waals surface area contributed by atoms with Crippen LogP contribution in [-0.2, 0) is 7.05 Å². The summed E-state index contributed by atoms with van der Waals surface area (Å²) in [4.78, 5) is 10.8. The smallest absolute Gasteiger partial charge is 0.169 e. The van der Waals surface area contributed by atoms with Gasteiger partial charge < -0.3 is 5.11 Å². The lowest BCUT2D eigenvalue weighted by atomic mass is 10.1. The van der Waals surface area contributed by atoms with Gasteiger partial charge in [0, 0.05) is 12.6 Å². The Labute approximate surface area is 101 Å². The van der Waals surface area contributed by atoms with Gasteiger partial charge in [-0.05, 0) is 28.1 Å². The van der Waals surface area contributed by atoms with Crippen LogP contribution in [0.2, 0.25) is 0 Å². The van der Waals surface area contributed by atoms with Crippen molar-refractivity contribution in [1.29, 1.82) is 0 Å². The van der Waals surface area contributed by atoms with Gasteiger partial charge in [-0.15, -0.1) is 0 Å². The predicted molar refractivity (Wildman–Crippen MR) is 63.4 cm³/mol. The maximum atomic E-state index is 10.8. The van der Waals surface area contributed by atoms with Gasteiger partial charge in [0.1, 0.15) is 17.1 Å². The molecule has 0 bridgehead atoms. The minimum atomic E-state index is 0.169. The first kappa shape index (κ1) is 10.9. The van der Waals surface area contributed by atoms with Gasteiger partial charge in [-0.2, -0.15) is 5.10 Å². The lowest BCUT2D eigenvalue weighted by Gasteiger charge is -1.98. The van der Waals surface area contributed by atoms with Gasteiger partial charge in [-0.1, -0.05) is 12.1 Å². The maximum absolute atomic E-state index is 10.8. The van der Waals surface area contributed by atoms with Crippen molar-refractivity contribution in [3.05, 3.63) is 34.4 Å². The van der Waals surface area contributed by atoms with Crippen LogP contribution in [0.3, 0.4) is 0 Å². The summed E-state index contributed by atoms with van der Waals surface area (Å²) in [6.45, 7) is 0. The highest BCUT2D eigenvalue weighted by molar-refractivity contribution is 9.10. The monoisotopic (exact) mass is 280 g/mol. The van der Waals surface area contributed by atoms with E-state index in [-0.39, 0.29) is 5.75 Å². The Kier molecular flexibility index (Phi) is 2.78. The van der Waals surface area contributed by atoms with E-state index < -0.39 is 0 Å². The van der Waals surface area contributed by atoms with Crippen molar-refractivity contribution in [3.63, 3.8) is 0 Å². The molecule has 82 valence electrons. The first-order chi connectivity index (χ1) is 7.63. The number of carbonyl (C=O) groups excluding carboxylic acids is 1. The van der Waals surface area contributed by atoms with E-state index in [0.29, 0.717) is 15.9 Å². The molecule has 0 unspecified atom stereocenters. The van der Waals surface area contributed by atoms with Crippen molar-refractivity contribution >= 4 is 22.2 Å². The second-order valence-electron chi connectivity index (χ2n) is 3.34. The standard InChI is InChI=1S/C11H9BrN2O2/c1-14-9(6-15)10(12)11(13-14)7-3-2-4-8(16)5-7/h2-6,16H,1H3. The van der Waals surface area contributed by atoms with Crippen LogP contribution in [-0.4, -0.2) is 21.2 Å². The zero-order valence-corrected chi connectivity index (χ0v) is 10.1. The number of nitrogens with zero attached hydrogens (tertiary/aromatic N) is 2. The summed E-state index contributed by atoms with van der Waals surface area (Å²) in [6, 6.07) is 6.73. The van der Waals surface area contributed by atoms with Crippen LogP contribution in [0, 0.1) is 0 Å². The van der Waals surface area contributed by atoms with Crippen LogP contribution in [0.1, 0.15) is 10.5 Å². The third-order valence-corrected chi connectivity index (χ3v) is 3.04. The number of halogens is 1. The number of aldehydes is 1. The van der Waals surface area contributed by atoms with Gasteiger partial charge in [0.15, 0.2) is 6.29 Å². The van der Waals surface area contributed by atoms with Crippen molar-refractivity contribution in [2.45, 2.75) is 0 Å². The molecule has 0 saturated carbocycles. The second kappa shape index (κ2) is 4.09. The molecule has 0 aliphatic carbocycles. The van der Waals surface area contributed by atoms with Crippen LogP contribution in [0.4, 0.5) is 0 Å². The fourth-order valence-electron chi connectivity index (χ4n) is 1.48. The maximum Gasteiger partial charge on any atom is 0.169 e. The van der Waals surface area contributed by atoms with Gasteiger partial charge in [0.2, 0.25) is 0 Å². The normalized spacial score (nSPS) is 10.4. The lowest BCUT2D eigenvalue weighted by molar-refractivity contribution is 0.111. The lowest BCUT2D eigenvalue weighted by Crippen LogP contribution is -1.95. The molecule has 4 nitrogen and oxygen atoms in total. The van der Waals surface area contributed by atoms with E-state index in [2.05, 4.69) is 21.0 Å². The summed E-state index contributed by atoms with van der Waals surface area (Å²) in [5.41, 5.74) is 1.87. The van der Waals surface area contributed by atoms with E-state index in [0.717, 1.165) is 11.8 Å². The van der Waals surface area contributed by atoms with Crippen LogP contribution < -0.4 is 0 Å². The van der Waals surface area contributed by atoms with Crippen molar-refractivity contribution in [1.82, 2.24) is 9.78 Å². The predicted octanol–water partition coefficient (Wildman–Crippen LogP) is 2.37. The molecule has 0 atom stereocenters. The summed E-state index contributed by atoms with van der Waals surface area (Å²) in [6.07, 6.45) is 0.739. The molecular formula is C11H9BrN2O2. The highest BCUT2D eigenvalue weighted by Gasteiger charge is 2.14. The third kappa shape index (κ3) is 1.74. The van der Waals surface area contributed by atoms with E-state index in [1.807, 2.05) is 6.07 Å². The average Bonchev–Trinajstić information content (AvgIpc) is 2.54. The summed E-state index contributed by atoms with van der Waals surface area (Å²) < 4.78 is 2.13. The van der Waals surface area contributed by atoms with Crippen LogP contribution in [0.15, 0.2) is 28.7 Å². The number of rotatable bonds is 2. The number of benzene rings is 1. The molecule has 1 aromatic carbocycles. The van der Waals surface area contributed by atoms with E-state index in [4.69, 9.17) is 0 Å². The second-order valence-corrected chi connectivity index (χ2v) is 4.13. The number of phenols is 1. The number of carbonyl (C=O) groups is 1. The molecule has 0 aliphatic rings. The number of aryl methyl sites for hydroxylation is 1. The van der Waals surface area contributed by atoms with Crippen molar-refractivity contribution < 1.29 is 9.90 Å². The van der Waals surface area contributed by atoms with Crippen LogP contribution in [0.5, 0.6) is 5.75 Å². The van der Waals surface area contributed by atoms with Crippen molar-refractivity contribution in [2.75, 3.05) is 0 Å². The van der Waals surface area contributed by atoms with Crippen molar-refractivity contribution in [3.8, 4) is 17.0 Å². The van der Waals surface area contributed by atoms with Gasteiger partial charge in [-0.3, -0.25) is 9.48 Å². The van der Waals surface area contributed by atoms with Gasteiger partial charge in [0.05, 0.1) is 4.47 Å². The minimum absolute atomic E-state index is 0.169. The molecule has 0 amide bonds. The Balaban J connectivity index is 2.61. The summed E-state index contributed by atoms with van der Waals surface area (Å²) in [5, 5.41) is 13.6. The first-order valence-electron chi connectivity index (χ1n) is 4.60. The van der Waals surface area contributed by atoms with E-state index >= 15 is 0 Å². The number of hydrogen-bond acceptors (Lipinski definition) is 3. The molecule has 0 spiro atoms. The van der Waals surface area contributed by atoms with Crippen molar-refractivity contribution in [2.24, 2.45) is 7.05 Å². The zero-order valence-electron chi connectivity index (χ0n) is 8.51. The number of aromatic hydroxyl groups is 1. The van der Waals surface area contributed by atoms with Crippen LogP contribution in [0.25, 0.3) is 11.3 Å². The molecule has 2 rings (SSSR count). The average molecular weight is 281 g/mol. The number of aromatic nitrogens is 2. The largest absolute Gasteiger partial charge is 0.508 e. The van der Waals surface area contributed by atoms with Gasteiger partial charge in [0.25, 0.3) is 0 Å². The topological polar surface area (TPSA) is 55.1 Å². The quantitative estimate of drug-likeness (QED) is 0.860. The van der Waals surface area contributed by atoms with Gasteiger partial charge in [-0.25, -0.2) is 0 Å². The molecule has 16 heavy (non-hydrogen) atoms. The Morgan fingerprint density at radius 3 is 2.81 bits per heavy atom. The highest BCUT2D eigenvalue weighted by Crippen LogP contribution is 2.30. The Morgan fingerprint density at radius 1 is 1.50 bits per heavy atom. The highest BCUT2D eigenvalue weighted by atomic mass is 79.9. The van der Waals surface area contributed by atoms with Gasteiger partial charge >= 0.3 is 0 Å². The fraction of sp³-hybridized carbons (Fsp3) is 0.0909. The fourth-order valence-corrected chi connectivity index (χ4v) is 2.14. The summed E-state index contributed by atoms with van der Waals surface area (Å²) >= 11 is 3.33. The van der Waals surface area contributed by atoms with E-state index in [9.17, 15) is 9.90 Å². The molecule has 1 aromatic heterocycles. The first-order valence-corrected chi connectivity index (χ1v) is 5.40. The number of phenolic OH excluding ortho intramolecular Hbond substituents is 1. The summed E-state index contributed by atoms with van der Waals surface area (Å²) in [7, 11) is 1.70. The molecule has 2 aromatic rings. The summed E-state index contributed by atoms with van der Waals surface area (Å²) in [5.74, 6) is 0.169. The van der Waals surface area contributed by atoms with Crippen LogP contribution >= 0.6 is 15.9 Å². The molecule has 0 saturated heterocycles. The molecule has 5 heteroatoms. The molecule has 1 N–H and O–H groups in total. The molecule has 0 fully saturated rings. The Hall–Kier alpha value is -1.62. The molecule has 0 radical (unpaired) electrons. The molecular weight excluding hydrogens is 272 g/mol. The Morgan fingerprint density at radius 2 is 2.25 bits per heavy atom. The molecule has 0 aliphatic heterocycles. The Bertz CT molecular complexity index is 549. The SMILES string of the molecule is Cn1nc(-c2cccc(O)c2)c(Br)c1C=O.